The molecule has 162 valence electrons. The van der Waals surface area contributed by atoms with Gasteiger partial charge in [-0.1, -0.05) is 54.6 Å². The van der Waals surface area contributed by atoms with Crippen LogP contribution in [0, 0.1) is 0 Å². The van der Waals surface area contributed by atoms with Crippen molar-refractivity contribution in [3.8, 4) is 11.5 Å². The van der Waals surface area contributed by atoms with Crippen LogP contribution in [-0.2, 0) is 12.0 Å². The lowest BCUT2D eigenvalue weighted by Crippen LogP contribution is -2.48. The molecule has 0 amide bonds. The molecule has 3 aromatic carbocycles. The molecule has 1 heterocycles. The number of ether oxygens (including phenoxy) is 2. The van der Waals surface area contributed by atoms with E-state index in [1.54, 1.807) is 14.2 Å². The average Bonchev–Trinajstić information content (AvgIpc) is 2.85. The molecule has 0 aliphatic carbocycles. The van der Waals surface area contributed by atoms with Gasteiger partial charge in [-0.15, -0.1) is 0 Å². The van der Waals surface area contributed by atoms with E-state index < -0.39 is 0 Å². The first-order chi connectivity index (χ1) is 15.2. The Bertz CT molecular complexity index is 966. The van der Waals surface area contributed by atoms with Crippen LogP contribution in [0.5, 0.6) is 11.5 Å². The lowest BCUT2D eigenvalue weighted by Gasteiger charge is -2.43. The predicted octanol–water partition coefficient (Wildman–Crippen LogP) is 5.03. The molecule has 0 saturated carbocycles. The molecule has 1 saturated heterocycles. The van der Waals surface area contributed by atoms with Crippen molar-refractivity contribution < 1.29 is 9.47 Å². The van der Waals surface area contributed by atoms with Gasteiger partial charge in [0, 0.05) is 31.6 Å². The second-order valence-electron chi connectivity index (χ2n) is 8.26. The van der Waals surface area contributed by atoms with Crippen LogP contribution >= 0.6 is 0 Å². The van der Waals surface area contributed by atoms with Crippen LogP contribution in [0.15, 0.2) is 78.9 Å². The van der Waals surface area contributed by atoms with Gasteiger partial charge in [0.25, 0.3) is 0 Å². The third-order valence-electron chi connectivity index (χ3n) is 6.46. The van der Waals surface area contributed by atoms with Gasteiger partial charge in [0.2, 0.25) is 0 Å². The minimum atomic E-state index is 0.0713. The molecule has 0 unspecified atom stereocenters. The number of benzene rings is 3. The lowest BCUT2D eigenvalue weighted by molar-refractivity contribution is 0.310. The summed E-state index contributed by atoms with van der Waals surface area (Å²) in [5, 5.41) is 3.74. The molecular weight excluding hydrogens is 384 g/mol. The molecule has 0 radical (unpaired) electrons. The molecule has 31 heavy (non-hydrogen) atoms. The third kappa shape index (κ3) is 4.86. The monoisotopic (exact) mass is 416 g/mol. The summed E-state index contributed by atoms with van der Waals surface area (Å²) < 4.78 is 11.1. The summed E-state index contributed by atoms with van der Waals surface area (Å²) in [4.78, 5) is 2.45. The summed E-state index contributed by atoms with van der Waals surface area (Å²) in [7, 11) is 3.49. The highest BCUT2D eigenvalue weighted by molar-refractivity contribution is 5.59. The summed E-state index contributed by atoms with van der Waals surface area (Å²) in [6.07, 6.45) is 2.14. The van der Waals surface area contributed by atoms with Crippen molar-refractivity contribution in [2.24, 2.45) is 0 Å². The van der Waals surface area contributed by atoms with Gasteiger partial charge in [0.1, 0.15) is 11.5 Å². The van der Waals surface area contributed by atoms with Gasteiger partial charge in [0.15, 0.2) is 0 Å². The van der Waals surface area contributed by atoms with E-state index in [4.69, 9.17) is 9.47 Å². The maximum absolute atomic E-state index is 5.61. The van der Waals surface area contributed by atoms with Crippen molar-refractivity contribution in [3.63, 3.8) is 0 Å². The molecule has 1 fully saturated rings. The Morgan fingerprint density at radius 3 is 2.32 bits per heavy atom. The van der Waals surface area contributed by atoms with Gasteiger partial charge in [-0.05, 0) is 48.2 Å². The highest BCUT2D eigenvalue weighted by atomic mass is 16.5. The minimum absolute atomic E-state index is 0.0713. The first-order valence-corrected chi connectivity index (χ1v) is 11.0. The standard InChI is InChI=1S/C27H32N2O2/c1-30-24-12-8-11-23(19-24)27(21-28-20-22-9-4-3-5-10-22)15-17-29(18-16-27)25-13-6-7-14-26(25)31-2/h3-14,19,28H,15-18,20-21H2,1-2H3. The van der Waals surface area contributed by atoms with E-state index in [9.17, 15) is 0 Å². The van der Waals surface area contributed by atoms with Crippen molar-refractivity contribution in [2.75, 3.05) is 38.8 Å². The van der Waals surface area contributed by atoms with E-state index in [0.29, 0.717) is 0 Å². The zero-order chi connectivity index (χ0) is 21.5. The van der Waals surface area contributed by atoms with Crippen LogP contribution in [-0.4, -0.2) is 33.9 Å². The van der Waals surface area contributed by atoms with Gasteiger partial charge >= 0.3 is 0 Å². The first kappa shape index (κ1) is 21.3. The predicted molar refractivity (Wildman–Crippen MR) is 127 cm³/mol. The average molecular weight is 417 g/mol. The summed E-state index contributed by atoms with van der Waals surface area (Å²) in [6.45, 7) is 3.80. The fourth-order valence-corrected chi connectivity index (χ4v) is 4.63. The van der Waals surface area contributed by atoms with Crippen LogP contribution < -0.4 is 19.7 Å². The topological polar surface area (TPSA) is 33.7 Å². The summed E-state index contributed by atoms with van der Waals surface area (Å²) in [5.74, 6) is 1.87. The Balaban J connectivity index is 1.53. The van der Waals surface area contributed by atoms with Gasteiger partial charge in [-0.25, -0.2) is 0 Å². The summed E-state index contributed by atoms with van der Waals surface area (Å²) in [6, 6.07) is 27.5. The Kier molecular flexibility index (Phi) is 6.78. The highest BCUT2D eigenvalue weighted by Gasteiger charge is 2.36. The fraction of sp³-hybridized carbons (Fsp3) is 0.333. The van der Waals surface area contributed by atoms with Crippen LogP contribution in [0.4, 0.5) is 5.69 Å². The number of methoxy groups -OCH3 is 2. The molecule has 0 spiro atoms. The second kappa shape index (κ2) is 9.88. The molecular formula is C27H32N2O2. The van der Waals surface area contributed by atoms with Crippen LogP contribution in [0.1, 0.15) is 24.0 Å². The first-order valence-electron chi connectivity index (χ1n) is 11.0. The molecule has 4 nitrogen and oxygen atoms in total. The molecule has 0 bridgehead atoms. The number of hydrogen-bond acceptors (Lipinski definition) is 4. The second-order valence-corrected chi connectivity index (χ2v) is 8.26. The Morgan fingerprint density at radius 1 is 0.839 bits per heavy atom. The molecule has 4 heteroatoms. The molecule has 1 N–H and O–H groups in total. The van der Waals surface area contributed by atoms with Crippen molar-refractivity contribution >= 4 is 5.69 Å². The van der Waals surface area contributed by atoms with Crippen molar-refractivity contribution in [3.05, 3.63) is 90.0 Å². The molecule has 0 aromatic heterocycles. The fourth-order valence-electron chi connectivity index (χ4n) is 4.63. The number of anilines is 1. The van der Waals surface area contributed by atoms with Gasteiger partial charge in [-0.2, -0.15) is 0 Å². The van der Waals surface area contributed by atoms with Crippen LogP contribution in [0.2, 0.25) is 0 Å². The van der Waals surface area contributed by atoms with E-state index in [1.165, 1.54) is 16.8 Å². The van der Waals surface area contributed by atoms with E-state index in [1.807, 2.05) is 18.2 Å². The number of piperidine rings is 1. The highest BCUT2D eigenvalue weighted by Crippen LogP contribution is 2.39. The van der Waals surface area contributed by atoms with E-state index >= 15 is 0 Å². The molecule has 3 aromatic rings. The number of para-hydroxylation sites is 2. The van der Waals surface area contributed by atoms with E-state index in [0.717, 1.165) is 50.5 Å². The molecule has 4 rings (SSSR count). The van der Waals surface area contributed by atoms with E-state index in [-0.39, 0.29) is 5.41 Å². The maximum Gasteiger partial charge on any atom is 0.142 e. The number of nitrogens with zero attached hydrogens (tertiary/aromatic N) is 1. The van der Waals surface area contributed by atoms with Gasteiger partial charge in [-0.3, -0.25) is 0 Å². The summed E-state index contributed by atoms with van der Waals surface area (Å²) in [5.41, 5.74) is 3.92. The van der Waals surface area contributed by atoms with Crippen molar-refractivity contribution in [2.45, 2.75) is 24.8 Å². The Hall–Kier alpha value is -2.98. The quantitative estimate of drug-likeness (QED) is 0.558. The zero-order valence-electron chi connectivity index (χ0n) is 18.5. The van der Waals surface area contributed by atoms with Crippen molar-refractivity contribution in [1.82, 2.24) is 5.32 Å². The largest absolute Gasteiger partial charge is 0.497 e. The Labute approximate surface area is 185 Å². The zero-order valence-corrected chi connectivity index (χ0v) is 18.5. The molecule has 0 atom stereocenters. The normalized spacial score (nSPS) is 15.5. The maximum atomic E-state index is 5.61. The summed E-state index contributed by atoms with van der Waals surface area (Å²) >= 11 is 0. The smallest absolute Gasteiger partial charge is 0.142 e. The number of nitrogens with one attached hydrogen (secondary N) is 1. The van der Waals surface area contributed by atoms with E-state index in [2.05, 4.69) is 70.9 Å². The van der Waals surface area contributed by atoms with Crippen LogP contribution in [0.3, 0.4) is 0 Å². The van der Waals surface area contributed by atoms with Gasteiger partial charge in [0.05, 0.1) is 19.9 Å². The van der Waals surface area contributed by atoms with Gasteiger partial charge < -0.3 is 19.7 Å². The van der Waals surface area contributed by atoms with Crippen molar-refractivity contribution in [1.29, 1.82) is 0 Å². The minimum Gasteiger partial charge on any atom is -0.497 e. The van der Waals surface area contributed by atoms with Crippen LogP contribution in [0.25, 0.3) is 0 Å². The third-order valence-corrected chi connectivity index (χ3v) is 6.46. The number of hydrogen-bond donors (Lipinski definition) is 1. The SMILES string of the molecule is COc1cccc(C2(CNCc3ccccc3)CCN(c3ccccc3OC)CC2)c1. The molecule has 1 aliphatic rings. The lowest BCUT2D eigenvalue weighted by atomic mass is 9.72. The number of rotatable bonds is 8. The molecule has 1 aliphatic heterocycles. The Morgan fingerprint density at radius 2 is 1.58 bits per heavy atom.